The van der Waals surface area contributed by atoms with Crippen molar-refractivity contribution in [3.63, 3.8) is 0 Å². The van der Waals surface area contributed by atoms with Gasteiger partial charge in [-0.2, -0.15) is 0 Å². The molecule has 0 spiro atoms. The maximum Gasteiger partial charge on any atom is 0.249 e. The van der Waals surface area contributed by atoms with Crippen molar-refractivity contribution in [2.75, 3.05) is 4.90 Å². The Bertz CT molecular complexity index is 1200. The summed E-state index contributed by atoms with van der Waals surface area (Å²) < 4.78 is 0. The molecule has 0 aromatic heterocycles. The van der Waals surface area contributed by atoms with Gasteiger partial charge in [-0.25, -0.2) is 0 Å². The Morgan fingerprint density at radius 3 is 2.43 bits per heavy atom. The molecule has 1 heterocycles. The SMILES string of the molecule is CC(C)(N)CC(=O)N[C@@H]1CCc2ccccc2N(Cc2ccc(-c3ccccc3CN)cc2)C1=O. The van der Waals surface area contributed by atoms with Gasteiger partial charge in [-0.3, -0.25) is 9.59 Å². The van der Waals surface area contributed by atoms with Gasteiger partial charge in [-0.1, -0.05) is 66.7 Å². The van der Waals surface area contributed by atoms with E-state index in [1.807, 2.05) is 48.5 Å². The van der Waals surface area contributed by atoms with Crippen molar-refractivity contribution >= 4 is 17.5 Å². The third-order valence-corrected chi connectivity index (χ3v) is 6.34. The highest BCUT2D eigenvalue weighted by atomic mass is 16.2. The van der Waals surface area contributed by atoms with Crippen LogP contribution >= 0.6 is 0 Å². The number of carbonyl (C=O) groups excluding carboxylic acids is 2. The van der Waals surface area contributed by atoms with Gasteiger partial charge in [0.25, 0.3) is 0 Å². The summed E-state index contributed by atoms with van der Waals surface area (Å²) in [7, 11) is 0. The lowest BCUT2D eigenvalue weighted by atomic mass is 9.98. The van der Waals surface area contributed by atoms with Gasteiger partial charge in [0.05, 0.1) is 6.54 Å². The first-order chi connectivity index (χ1) is 16.7. The summed E-state index contributed by atoms with van der Waals surface area (Å²) in [6.45, 7) is 4.51. The summed E-state index contributed by atoms with van der Waals surface area (Å²) in [5.41, 5.74) is 17.6. The summed E-state index contributed by atoms with van der Waals surface area (Å²) in [5, 5.41) is 2.94. The highest BCUT2D eigenvalue weighted by Gasteiger charge is 2.32. The zero-order chi connectivity index (χ0) is 25.0. The van der Waals surface area contributed by atoms with E-state index in [0.29, 0.717) is 25.9 Å². The molecule has 0 saturated carbocycles. The molecule has 5 N–H and O–H groups in total. The van der Waals surface area contributed by atoms with Gasteiger partial charge < -0.3 is 21.7 Å². The Morgan fingerprint density at radius 2 is 1.71 bits per heavy atom. The smallest absolute Gasteiger partial charge is 0.249 e. The van der Waals surface area contributed by atoms with Crippen molar-refractivity contribution in [3.05, 3.63) is 89.5 Å². The molecule has 4 rings (SSSR count). The number of amides is 2. The molecular formula is C29H34N4O2. The molecule has 1 atom stereocenters. The van der Waals surface area contributed by atoms with Gasteiger partial charge in [0, 0.05) is 24.2 Å². The fourth-order valence-corrected chi connectivity index (χ4v) is 4.62. The number of aryl methyl sites for hydroxylation is 1. The first-order valence-electron chi connectivity index (χ1n) is 12.1. The van der Waals surface area contributed by atoms with Crippen LogP contribution in [0.4, 0.5) is 5.69 Å². The lowest BCUT2D eigenvalue weighted by molar-refractivity contribution is -0.128. The molecule has 0 unspecified atom stereocenters. The second-order valence-corrected chi connectivity index (χ2v) is 9.94. The molecule has 6 nitrogen and oxygen atoms in total. The molecule has 1 aliphatic rings. The van der Waals surface area contributed by atoms with Crippen molar-refractivity contribution in [3.8, 4) is 11.1 Å². The molecule has 0 bridgehead atoms. The van der Waals surface area contributed by atoms with Gasteiger partial charge in [0.1, 0.15) is 6.04 Å². The minimum absolute atomic E-state index is 0.101. The third-order valence-electron chi connectivity index (χ3n) is 6.34. The van der Waals surface area contributed by atoms with Crippen molar-refractivity contribution in [2.24, 2.45) is 11.5 Å². The number of carbonyl (C=O) groups is 2. The van der Waals surface area contributed by atoms with Crippen LogP contribution in [0.25, 0.3) is 11.1 Å². The van der Waals surface area contributed by atoms with E-state index in [1.54, 1.807) is 18.7 Å². The first kappa shape index (κ1) is 24.6. The predicted octanol–water partition coefficient (Wildman–Crippen LogP) is 3.90. The summed E-state index contributed by atoms with van der Waals surface area (Å²) in [4.78, 5) is 28.0. The van der Waals surface area contributed by atoms with E-state index in [9.17, 15) is 9.59 Å². The van der Waals surface area contributed by atoms with Crippen LogP contribution in [0.5, 0.6) is 0 Å². The van der Waals surface area contributed by atoms with Crippen LogP contribution in [0.2, 0.25) is 0 Å². The fourth-order valence-electron chi connectivity index (χ4n) is 4.62. The monoisotopic (exact) mass is 470 g/mol. The molecule has 0 saturated heterocycles. The molecule has 6 heteroatoms. The predicted molar refractivity (Wildman–Crippen MR) is 141 cm³/mol. The van der Waals surface area contributed by atoms with Gasteiger partial charge in [0.15, 0.2) is 0 Å². The highest BCUT2D eigenvalue weighted by molar-refractivity contribution is 6.00. The van der Waals surface area contributed by atoms with Crippen LogP contribution < -0.4 is 21.7 Å². The summed E-state index contributed by atoms with van der Waals surface area (Å²) >= 11 is 0. The van der Waals surface area contributed by atoms with Crippen molar-refractivity contribution in [2.45, 2.75) is 57.8 Å². The maximum absolute atomic E-state index is 13.7. The van der Waals surface area contributed by atoms with Crippen molar-refractivity contribution < 1.29 is 9.59 Å². The Morgan fingerprint density at radius 1 is 1.03 bits per heavy atom. The zero-order valence-corrected chi connectivity index (χ0v) is 20.5. The Kier molecular flexibility index (Phi) is 7.34. The molecular weight excluding hydrogens is 436 g/mol. The third kappa shape index (κ3) is 5.96. The van der Waals surface area contributed by atoms with Crippen molar-refractivity contribution in [1.82, 2.24) is 5.32 Å². The summed E-state index contributed by atoms with van der Waals surface area (Å²) in [6, 6.07) is 23.7. The summed E-state index contributed by atoms with van der Waals surface area (Å²) in [6.07, 6.45) is 1.43. The molecule has 2 amide bonds. The number of nitrogens with two attached hydrogens (primary N) is 2. The number of hydrogen-bond acceptors (Lipinski definition) is 4. The Labute approximate surface area is 207 Å². The molecule has 3 aromatic rings. The van der Waals surface area contributed by atoms with E-state index in [1.165, 1.54) is 0 Å². The Balaban J connectivity index is 1.58. The molecule has 0 fully saturated rings. The van der Waals surface area contributed by atoms with Crippen molar-refractivity contribution in [1.29, 1.82) is 0 Å². The fraction of sp³-hybridized carbons (Fsp3) is 0.310. The van der Waals surface area contributed by atoms with Crippen LogP contribution in [0, 0.1) is 0 Å². The van der Waals surface area contributed by atoms with Crippen LogP contribution in [0.1, 0.15) is 43.4 Å². The Hall–Kier alpha value is -3.48. The zero-order valence-electron chi connectivity index (χ0n) is 20.5. The number of nitrogens with one attached hydrogen (secondary N) is 1. The van der Waals surface area contributed by atoms with E-state index in [2.05, 4.69) is 29.6 Å². The quantitative estimate of drug-likeness (QED) is 0.487. The minimum Gasteiger partial charge on any atom is -0.344 e. The van der Waals surface area contributed by atoms with Crippen LogP contribution in [-0.2, 0) is 29.1 Å². The number of hydrogen-bond donors (Lipinski definition) is 3. The molecule has 3 aromatic carbocycles. The maximum atomic E-state index is 13.7. The number of fused-ring (bicyclic) bond motifs is 1. The van der Waals surface area contributed by atoms with Gasteiger partial charge in [0.2, 0.25) is 11.8 Å². The van der Waals surface area contributed by atoms with E-state index in [-0.39, 0.29) is 18.2 Å². The lowest BCUT2D eigenvalue weighted by Crippen LogP contribution is -2.49. The largest absolute Gasteiger partial charge is 0.344 e. The number of para-hydroxylation sites is 1. The second-order valence-electron chi connectivity index (χ2n) is 9.94. The average Bonchev–Trinajstić information content (AvgIpc) is 2.96. The van der Waals surface area contributed by atoms with E-state index >= 15 is 0 Å². The van der Waals surface area contributed by atoms with Crippen LogP contribution in [0.15, 0.2) is 72.8 Å². The van der Waals surface area contributed by atoms with E-state index in [0.717, 1.165) is 33.5 Å². The standard InChI is InChI=1S/C29H34N4O2/c1-29(2,31)17-27(34)32-25-16-15-22-7-4-6-10-26(22)33(28(25)35)19-20-11-13-21(14-12-20)24-9-5-3-8-23(24)18-30/h3-14,25H,15-19,30-31H2,1-2H3,(H,32,34)/t25-/m1/s1. The molecule has 0 radical (unpaired) electrons. The summed E-state index contributed by atoms with van der Waals surface area (Å²) in [5.74, 6) is -0.305. The first-order valence-corrected chi connectivity index (χ1v) is 12.1. The van der Waals surface area contributed by atoms with Crippen LogP contribution in [-0.4, -0.2) is 23.4 Å². The normalized spacial score (nSPS) is 15.9. The number of nitrogens with zero attached hydrogens (tertiary/aromatic N) is 1. The molecule has 182 valence electrons. The lowest BCUT2D eigenvalue weighted by Gasteiger charge is -2.27. The number of anilines is 1. The van der Waals surface area contributed by atoms with Gasteiger partial charge in [-0.05, 0) is 60.6 Å². The second kappa shape index (κ2) is 10.4. The molecule has 35 heavy (non-hydrogen) atoms. The molecule has 1 aliphatic heterocycles. The number of rotatable bonds is 7. The van der Waals surface area contributed by atoms with Crippen LogP contribution in [0.3, 0.4) is 0 Å². The minimum atomic E-state index is -0.634. The van der Waals surface area contributed by atoms with Gasteiger partial charge in [-0.15, -0.1) is 0 Å². The van der Waals surface area contributed by atoms with Gasteiger partial charge >= 0.3 is 0 Å². The average molecular weight is 471 g/mol. The molecule has 0 aliphatic carbocycles. The topological polar surface area (TPSA) is 101 Å². The highest BCUT2D eigenvalue weighted by Crippen LogP contribution is 2.30. The van der Waals surface area contributed by atoms with E-state index < -0.39 is 11.6 Å². The van der Waals surface area contributed by atoms with E-state index in [4.69, 9.17) is 11.5 Å². The number of benzene rings is 3.